The minimum atomic E-state index is -2.85. The van der Waals surface area contributed by atoms with Crippen LogP contribution in [0.25, 0.3) is 0 Å². The van der Waals surface area contributed by atoms with Crippen LogP contribution in [0, 0.1) is 0 Å². The van der Waals surface area contributed by atoms with E-state index in [1.807, 2.05) is 6.07 Å². The van der Waals surface area contributed by atoms with Gasteiger partial charge in [-0.05, 0) is 57.7 Å². The van der Waals surface area contributed by atoms with Gasteiger partial charge < -0.3 is 19.7 Å². The van der Waals surface area contributed by atoms with Crippen LogP contribution in [-0.4, -0.2) is 45.8 Å². The van der Waals surface area contributed by atoms with E-state index in [2.05, 4.69) is 29.0 Å². The number of unbranched alkanes of at least 4 members (excludes halogenated alkanes) is 1. The number of hydrogen-bond acceptors (Lipinski definition) is 4. The van der Waals surface area contributed by atoms with Crippen LogP contribution in [0.5, 0.6) is 11.5 Å². The Bertz CT molecular complexity index is 415. The zero-order valence-electron chi connectivity index (χ0n) is 12.9. The summed E-state index contributed by atoms with van der Waals surface area (Å²) in [6.07, 6.45) is 2.21. The largest absolute Gasteiger partial charge is 0.493 e. The highest BCUT2D eigenvalue weighted by atomic mass is 19.3. The monoisotopic (exact) mass is 302 g/mol. The van der Waals surface area contributed by atoms with Gasteiger partial charge >= 0.3 is 6.61 Å². The molecule has 6 heteroatoms. The summed E-state index contributed by atoms with van der Waals surface area (Å²) in [4.78, 5) is 2.15. The molecule has 0 radical (unpaired) electrons. The SMILES string of the molecule is COc1ccc(CNCCCCN(C)C)cc1OC(F)F. The molecule has 0 saturated carbocycles. The molecule has 0 aliphatic carbocycles. The highest BCUT2D eigenvalue weighted by Crippen LogP contribution is 2.29. The van der Waals surface area contributed by atoms with Crippen molar-refractivity contribution in [1.82, 2.24) is 10.2 Å². The van der Waals surface area contributed by atoms with Crippen LogP contribution in [0.3, 0.4) is 0 Å². The minimum Gasteiger partial charge on any atom is -0.493 e. The average molecular weight is 302 g/mol. The summed E-state index contributed by atoms with van der Waals surface area (Å²) < 4.78 is 34.1. The summed E-state index contributed by atoms with van der Waals surface area (Å²) in [5.41, 5.74) is 0.888. The Balaban J connectivity index is 2.41. The lowest BCUT2D eigenvalue weighted by Crippen LogP contribution is -2.18. The molecule has 1 rings (SSSR count). The van der Waals surface area contributed by atoms with Crippen LogP contribution in [0.1, 0.15) is 18.4 Å². The summed E-state index contributed by atoms with van der Waals surface area (Å²) in [6, 6.07) is 5.06. The number of nitrogens with one attached hydrogen (secondary N) is 1. The molecule has 0 unspecified atom stereocenters. The molecule has 0 aliphatic rings. The van der Waals surface area contributed by atoms with E-state index in [1.54, 1.807) is 12.1 Å². The fourth-order valence-electron chi connectivity index (χ4n) is 1.93. The van der Waals surface area contributed by atoms with E-state index in [1.165, 1.54) is 7.11 Å². The summed E-state index contributed by atoms with van der Waals surface area (Å²) in [5, 5.41) is 3.29. The van der Waals surface area contributed by atoms with Crippen LogP contribution in [0.15, 0.2) is 18.2 Å². The van der Waals surface area contributed by atoms with Crippen molar-refractivity contribution in [2.24, 2.45) is 0 Å². The third kappa shape index (κ3) is 7.24. The van der Waals surface area contributed by atoms with Gasteiger partial charge in [0.05, 0.1) is 7.11 Å². The molecule has 0 fully saturated rings. The number of benzene rings is 1. The van der Waals surface area contributed by atoms with Gasteiger partial charge in [-0.25, -0.2) is 0 Å². The fourth-order valence-corrected chi connectivity index (χ4v) is 1.93. The summed E-state index contributed by atoms with van der Waals surface area (Å²) in [7, 11) is 5.53. The maximum atomic E-state index is 12.3. The standard InChI is InChI=1S/C15H24F2N2O2/c1-19(2)9-5-4-8-18-11-12-6-7-13(20-3)14(10-12)21-15(16)17/h6-7,10,15,18H,4-5,8-9,11H2,1-3H3. The Kier molecular flexibility index (Phi) is 8.00. The molecule has 0 aliphatic heterocycles. The average Bonchev–Trinajstić information content (AvgIpc) is 2.42. The molecule has 0 bridgehead atoms. The Labute approximate surface area is 125 Å². The van der Waals surface area contributed by atoms with E-state index in [0.29, 0.717) is 12.3 Å². The maximum Gasteiger partial charge on any atom is 0.387 e. The van der Waals surface area contributed by atoms with Crippen molar-refractivity contribution in [3.05, 3.63) is 23.8 Å². The number of hydrogen-bond donors (Lipinski definition) is 1. The van der Waals surface area contributed by atoms with Crippen molar-refractivity contribution in [3.63, 3.8) is 0 Å². The first kappa shape index (κ1) is 17.7. The van der Waals surface area contributed by atoms with Gasteiger partial charge in [0, 0.05) is 6.54 Å². The molecule has 1 aromatic carbocycles. The third-order valence-electron chi connectivity index (χ3n) is 2.98. The Morgan fingerprint density at radius 1 is 1.19 bits per heavy atom. The van der Waals surface area contributed by atoms with E-state index in [0.717, 1.165) is 31.5 Å². The van der Waals surface area contributed by atoms with E-state index in [-0.39, 0.29) is 5.75 Å². The first-order valence-electron chi connectivity index (χ1n) is 7.00. The lowest BCUT2D eigenvalue weighted by atomic mass is 10.2. The van der Waals surface area contributed by atoms with E-state index in [9.17, 15) is 8.78 Å². The normalized spacial score (nSPS) is 11.2. The molecule has 120 valence electrons. The molecule has 1 aromatic rings. The number of rotatable bonds is 10. The smallest absolute Gasteiger partial charge is 0.387 e. The summed E-state index contributed by atoms with van der Waals surface area (Å²) >= 11 is 0. The minimum absolute atomic E-state index is 0.0689. The molecule has 0 heterocycles. The lowest BCUT2D eigenvalue weighted by Gasteiger charge is -2.12. The van der Waals surface area contributed by atoms with Gasteiger partial charge in [0.15, 0.2) is 11.5 Å². The second-order valence-corrected chi connectivity index (χ2v) is 5.05. The zero-order valence-corrected chi connectivity index (χ0v) is 12.9. The van der Waals surface area contributed by atoms with Gasteiger partial charge in [-0.2, -0.15) is 8.78 Å². The quantitative estimate of drug-likeness (QED) is 0.674. The molecule has 0 saturated heterocycles. The Morgan fingerprint density at radius 2 is 1.95 bits per heavy atom. The fraction of sp³-hybridized carbons (Fsp3) is 0.600. The number of ether oxygens (including phenoxy) is 2. The molecular weight excluding hydrogens is 278 g/mol. The molecule has 0 aromatic heterocycles. The van der Waals surface area contributed by atoms with Crippen LogP contribution in [-0.2, 0) is 6.54 Å². The van der Waals surface area contributed by atoms with Crippen molar-refractivity contribution in [1.29, 1.82) is 0 Å². The van der Waals surface area contributed by atoms with E-state index >= 15 is 0 Å². The second kappa shape index (κ2) is 9.52. The number of nitrogens with zero attached hydrogens (tertiary/aromatic N) is 1. The molecule has 0 amide bonds. The van der Waals surface area contributed by atoms with Gasteiger partial charge in [-0.1, -0.05) is 6.07 Å². The van der Waals surface area contributed by atoms with Gasteiger partial charge in [-0.15, -0.1) is 0 Å². The Hall–Kier alpha value is -1.40. The Morgan fingerprint density at radius 3 is 2.57 bits per heavy atom. The van der Waals surface area contributed by atoms with Crippen molar-refractivity contribution < 1.29 is 18.3 Å². The van der Waals surface area contributed by atoms with Crippen molar-refractivity contribution in [3.8, 4) is 11.5 Å². The van der Waals surface area contributed by atoms with Gasteiger partial charge in [-0.3, -0.25) is 0 Å². The summed E-state index contributed by atoms with van der Waals surface area (Å²) in [5.74, 6) is 0.379. The first-order valence-corrected chi connectivity index (χ1v) is 7.00. The van der Waals surface area contributed by atoms with Crippen LogP contribution < -0.4 is 14.8 Å². The van der Waals surface area contributed by atoms with E-state index in [4.69, 9.17) is 4.74 Å². The highest BCUT2D eigenvalue weighted by molar-refractivity contribution is 5.42. The van der Waals surface area contributed by atoms with Gasteiger partial charge in [0.25, 0.3) is 0 Å². The van der Waals surface area contributed by atoms with Crippen LogP contribution in [0.4, 0.5) is 8.78 Å². The molecule has 21 heavy (non-hydrogen) atoms. The van der Waals surface area contributed by atoms with Crippen molar-refractivity contribution >= 4 is 0 Å². The third-order valence-corrected chi connectivity index (χ3v) is 2.98. The molecular formula is C15H24F2N2O2. The number of alkyl halides is 2. The van der Waals surface area contributed by atoms with Crippen LogP contribution in [0.2, 0.25) is 0 Å². The van der Waals surface area contributed by atoms with Crippen LogP contribution >= 0.6 is 0 Å². The maximum absolute atomic E-state index is 12.3. The van der Waals surface area contributed by atoms with E-state index < -0.39 is 6.61 Å². The number of methoxy groups -OCH3 is 1. The topological polar surface area (TPSA) is 33.7 Å². The van der Waals surface area contributed by atoms with Crippen molar-refractivity contribution in [2.45, 2.75) is 26.0 Å². The van der Waals surface area contributed by atoms with Gasteiger partial charge in [0.2, 0.25) is 0 Å². The number of halogens is 2. The molecule has 0 spiro atoms. The predicted molar refractivity (Wildman–Crippen MR) is 79.1 cm³/mol. The highest BCUT2D eigenvalue weighted by Gasteiger charge is 2.11. The molecule has 4 nitrogen and oxygen atoms in total. The van der Waals surface area contributed by atoms with Crippen molar-refractivity contribution in [2.75, 3.05) is 34.3 Å². The summed E-state index contributed by atoms with van der Waals surface area (Å²) in [6.45, 7) is -0.277. The molecule has 1 N–H and O–H groups in total. The lowest BCUT2D eigenvalue weighted by molar-refractivity contribution is -0.0512. The zero-order chi connectivity index (χ0) is 15.7. The molecule has 0 atom stereocenters. The predicted octanol–water partition coefficient (Wildman–Crippen LogP) is 2.73. The second-order valence-electron chi connectivity index (χ2n) is 5.05. The van der Waals surface area contributed by atoms with Gasteiger partial charge in [0.1, 0.15) is 0 Å². The first-order chi connectivity index (χ1) is 10.0.